The first-order valence-electron chi connectivity index (χ1n) is 9.09. The van der Waals surface area contributed by atoms with E-state index in [1.165, 1.54) is 52.6 Å². The van der Waals surface area contributed by atoms with Crippen LogP contribution in [0.5, 0.6) is 0 Å². The van der Waals surface area contributed by atoms with Crippen molar-refractivity contribution in [3.63, 3.8) is 0 Å². The number of rotatable bonds is 7. The molecule has 2 aromatic heterocycles. The quantitative estimate of drug-likeness (QED) is 0.325. The molecule has 4 rings (SSSR count). The third kappa shape index (κ3) is 4.18. The predicted molar refractivity (Wildman–Crippen MR) is 111 cm³/mol. The van der Waals surface area contributed by atoms with Crippen LogP contribution in [0.1, 0.15) is 16.8 Å². The highest BCUT2D eigenvalue weighted by molar-refractivity contribution is 7.22. The maximum absolute atomic E-state index is 13.6. The number of nitro groups is 1. The third-order valence-electron chi connectivity index (χ3n) is 4.50. The number of aryl methyl sites for hydroxylation is 1. The van der Waals surface area contributed by atoms with Gasteiger partial charge in [0.05, 0.1) is 21.5 Å². The summed E-state index contributed by atoms with van der Waals surface area (Å²) in [5.74, 6) is -0.693. The molecule has 1 amide bonds. The van der Waals surface area contributed by atoms with E-state index >= 15 is 0 Å². The number of benzene rings is 2. The van der Waals surface area contributed by atoms with Crippen molar-refractivity contribution in [2.24, 2.45) is 0 Å². The molecule has 0 bridgehead atoms. The van der Waals surface area contributed by atoms with E-state index in [0.717, 1.165) is 0 Å². The van der Waals surface area contributed by atoms with Crippen molar-refractivity contribution in [1.29, 1.82) is 0 Å². The third-order valence-corrected chi connectivity index (χ3v) is 5.54. The van der Waals surface area contributed by atoms with E-state index in [1.807, 2.05) is 10.8 Å². The highest BCUT2D eigenvalue weighted by Crippen LogP contribution is 2.30. The second kappa shape index (κ2) is 8.37. The molecule has 152 valence electrons. The van der Waals surface area contributed by atoms with Gasteiger partial charge < -0.3 is 4.57 Å². The minimum Gasteiger partial charge on any atom is -0.337 e. The summed E-state index contributed by atoms with van der Waals surface area (Å²) in [7, 11) is 0. The first-order chi connectivity index (χ1) is 14.5. The summed E-state index contributed by atoms with van der Waals surface area (Å²) < 4.78 is 16.1. The molecule has 30 heavy (non-hydrogen) atoms. The molecule has 0 fully saturated rings. The normalized spacial score (nSPS) is 11.0. The molecule has 10 heteroatoms. The summed E-state index contributed by atoms with van der Waals surface area (Å²) in [6, 6.07) is 9.73. The number of carbonyl (C=O) groups excluding carboxylic acids is 1. The summed E-state index contributed by atoms with van der Waals surface area (Å²) >= 11 is 1.23. The molecular formula is C20H16FN5O3S. The molecular weight excluding hydrogens is 409 g/mol. The maximum atomic E-state index is 13.6. The van der Waals surface area contributed by atoms with Crippen LogP contribution in [0.25, 0.3) is 10.2 Å². The Balaban J connectivity index is 1.62. The van der Waals surface area contributed by atoms with Crippen LogP contribution < -0.4 is 4.90 Å². The summed E-state index contributed by atoms with van der Waals surface area (Å²) in [6.07, 6.45) is 5.85. The fourth-order valence-electron chi connectivity index (χ4n) is 3.00. The minimum atomic E-state index is -0.515. The number of nitro benzene ring substituents is 1. The topological polar surface area (TPSA) is 94.2 Å². The fourth-order valence-corrected chi connectivity index (χ4v) is 4.01. The zero-order valence-corrected chi connectivity index (χ0v) is 16.5. The number of non-ortho nitro benzene ring substituents is 1. The number of fused-ring (bicyclic) bond motifs is 1. The van der Waals surface area contributed by atoms with Crippen LogP contribution in [0.3, 0.4) is 0 Å². The van der Waals surface area contributed by atoms with Crippen LogP contribution >= 0.6 is 11.3 Å². The number of aromatic nitrogens is 3. The van der Waals surface area contributed by atoms with Crippen LogP contribution in [0.2, 0.25) is 0 Å². The molecule has 0 spiro atoms. The Bertz CT molecular complexity index is 1190. The zero-order valence-electron chi connectivity index (χ0n) is 15.6. The van der Waals surface area contributed by atoms with Gasteiger partial charge in [-0.2, -0.15) is 0 Å². The number of thiazole rings is 1. The first-order valence-corrected chi connectivity index (χ1v) is 9.91. The number of amides is 1. The molecule has 0 unspecified atom stereocenters. The van der Waals surface area contributed by atoms with Crippen molar-refractivity contribution in [2.75, 3.05) is 11.4 Å². The molecule has 0 N–H and O–H groups in total. The van der Waals surface area contributed by atoms with E-state index in [0.29, 0.717) is 40.4 Å². The van der Waals surface area contributed by atoms with Crippen LogP contribution in [0.15, 0.2) is 61.2 Å². The number of imidazole rings is 1. The molecule has 8 nitrogen and oxygen atoms in total. The molecule has 0 atom stereocenters. The van der Waals surface area contributed by atoms with Crippen molar-refractivity contribution >= 4 is 38.3 Å². The predicted octanol–water partition coefficient (Wildman–Crippen LogP) is 4.28. The van der Waals surface area contributed by atoms with E-state index in [2.05, 4.69) is 9.97 Å². The second-order valence-electron chi connectivity index (χ2n) is 6.52. The average Bonchev–Trinajstić information content (AvgIpc) is 3.40. The zero-order chi connectivity index (χ0) is 21.1. The van der Waals surface area contributed by atoms with Crippen molar-refractivity contribution in [3.8, 4) is 0 Å². The van der Waals surface area contributed by atoms with Gasteiger partial charge in [-0.05, 0) is 36.8 Å². The number of anilines is 1. The molecule has 0 aliphatic heterocycles. The number of halogens is 1. The van der Waals surface area contributed by atoms with Crippen molar-refractivity contribution < 1.29 is 14.1 Å². The van der Waals surface area contributed by atoms with E-state index in [9.17, 15) is 19.3 Å². The van der Waals surface area contributed by atoms with Crippen LogP contribution in [-0.4, -0.2) is 31.9 Å². The maximum Gasteiger partial charge on any atom is 0.269 e. The highest BCUT2D eigenvalue weighted by Gasteiger charge is 2.22. The summed E-state index contributed by atoms with van der Waals surface area (Å²) in [5.41, 5.74) is 0.829. The first kappa shape index (κ1) is 19.6. The van der Waals surface area contributed by atoms with E-state index in [-0.39, 0.29) is 17.4 Å². The Kier molecular flexibility index (Phi) is 5.48. The minimum absolute atomic E-state index is 0.0892. The van der Waals surface area contributed by atoms with Gasteiger partial charge in [0.15, 0.2) is 5.13 Å². The SMILES string of the molecule is O=C(c1ccc([N+](=O)[O-])cc1)N(CCCn1ccnc1)c1nc2ccc(F)cc2s1. The lowest BCUT2D eigenvalue weighted by Gasteiger charge is -2.20. The Labute approximate surface area is 174 Å². The van der Waals surface area contributed by atoms with Gasteiger partial charge in [0, 0.05) is 43.2 Å². The molecule has 4 aromatic rings. The molecule has 0 aliphatic rings. The highest BCUT2D eigenvalue weighted by atomic mass is 32.1. The molecule has 0 radical (unpaired) electrons. The molecule has 0 aliphatic carbocycles. The Morgan fingerprint density at radius 3 is 2.73 bits per heavy atom. The number of nitrogens with zero attached hydrogens (tertiary/aromatic N) is 5. The lowest BCUT2D eigenvalue weighted by molar-refractivity contribution is -0.384. The summed E-state index contributed by atoms with van der Waals surface area (Å²) in [6.45, 7) is 1.03. The van der Waals surface area contributed by atoms with E-state index in [4.69, 9.17) is 0 Å². The fraction of sp³-hybridized carbons (Fsp3) is 0.150. The monoisotopic (exact) mass is 425 g/mol. The van der Waals surface area contributed by atoms with Crippen molar-refractivity contribution in [3.05, 3.63) is 82.7 Å². The number of hydrogen-bond acceptors (Lipinski definition) is 6. The lowest BCUT2D eigenvalue weighted by Crippen LogP contribution is -2.32. The molecule has 2 heterocycles. The van der Waals surface area contributed by atoms with Gasteiger partial charge in [-0.1, -0.05) is 11.3 Å². The second-order valence-corrected chi connectivity index (χ2v) is 7.53. The summed E-state index contributed by atoms with van der Waals surface area (Å²) in [4.78, 5) is 33.6. The lowest BCUT2D eigenvalue weighted by atomic mass is 10.2. The number of carbonyl (C=O) groups is 1. The van der Waals surface area contributed by atoms with E-state index < -0.39 is 4.92 Å². The van der Waals surface area contributed by atoms with Crippen LogP contribution in [0.4, 0.5) is 15.2 Å². The van der Waals surface area contributed by atoms with Gasteiger partial charge in [0.2, 0.25) is 0 Å². The van der Waals surface area contributed by atoms with Crippen molar-refractivity contribution in [2.45, 2.75) is 13.0 Å². The molecule has 2 aromatic carbocycles. The smallest absolute Gasteiger partial charge is 0.269 e. The van der Waals surface area contributed by atoms with Gasteiger partial charge in [0.25, 0.3) is 11.6 Å². The van der Waals surface area contributed by atoms with Gasteiger partial charge in [-0.3, -0.25) is 19.8 Å². The standard InChI is InChI=1S/C20H16FN5O3S/c21-15-4-7-17-18(12-15)30-20(23-17)25(10-1-9-24-11-8-22-13-24)19(27)14-2-5-16(6-3-14)26(28)29/h2-8,11-13H,1,9-10H2. The average molecular weight is 425 g/mol. The van der Waals surface area contributed by atoms with Gasteiger partial charge in [-0.15, -0.1) is 0 Å². The summed E-state index contributed by atoms with van der Waals surface area (Å²) in [5, 5.41) is 11.3. The van der Waals surface area contributed by atoms with Crippen molar-refractivity contribution in [1.82, 2.24) is 14.5 Å². The molecule has 0 saturated carbocycles. The Morgan fingerprint density at radius 2 is 2.03 bits per heavy atom. The van der Waals surface area contributed by atoms with Crippen LogP contribution in [0, 0.1) is 15.9 Å². The molecule has 0 saturated heterocycles. The van der Waals surface area contributed by atoms with Gasteiger partial charge in [-0.25, -0.2) is 14.4 Å². The Morgan fingerprint density at radius 1 is 1.23 bits per heavy atom. The van der Waals surface area contributed by atoms with Crippen LogP contribution in [-0.2, 0) is 6.54 Å². The van der Waals surface area contributed by atoms with Gasteiger partial charge in [0.1, 0.15) is 5.82 Å². The Hall–Kier alpha value is -3.66. The number of hydrogen-bond donors (Lipinski definition) is 0. The van der Waals surface area contributed by atoms with Gasteiger partial charge >= 0.3 is 0 Å². The van der Waals surface area contributed by atoms with E-state index in [1.54, 1.807) is 18.6 Å². The largest absolute Gasteiger partial charge is 0.337 e.